The lowest BCUT2D eigenvalue weighted by atomic mass is 9.90. The Kier molecular flexibility index (Phi) is 3.08. The molecular formula is C14H18N4O2. The molecule has 106 valence electrons. The first-order valence-corrected chi connectivity index (χ1v) is 6.80. The summed E-state index contributed by atoms with van der Waals surface area (Å²) >= 11 is 0. The van der Waals surface area contributed by atoms with Gasteiger partial charge in [-0.1, -0.05) is 6.92 Å². The average molecular weight is 274 g/mol. The zero-order chi connectivity index (χ0) is 14.3. The summed E-state index contributed by atoms with van der Waals surface area (Å²) in [7, 11) is 1.86. The zero-order valence-corrected chi connectivity index (χ0v) is 11.7. The molecular weight excluding hydrogens is 256 g/mol. The quantitative estimate of drug-likeness (QED) is 0.899. The van der Waals surface area contributed by atoms with Gasteiger partial charge in [0.1, 0.15) is 0 Å². The van der Waals surface area contributed by atoms with Crippen molar-refractivity contribution in [2.75, 3.05) is 18.0 Å². The summed E-state index contributed by atoms with van der Waals surface area (Å²) in [5, 5.41) is 14.5. The van der Waals surface area contributed by atoms with Crippen molar-refractivity contribution in [1.29, 1.82) is 0 Å². The van der Waals surface area contributed by atoms with Gasteiger partial charge >= 0.3 is 5.97 Å². The van der Waals surface area contributed by atoms with E-state index in [0.717, 1.165) is 29.7 Å². The molecule has 2 aromatic heterocycles. The van der Waals surface area contributed by atoms with Gasteiger partial charge in [-0.2, -0.15) is 5.10 Å². The van der Waals surface area contributed by atoms with Crippen LogP contribution in [0.25, 0.3) is 11.0 Å². The van der Waals surface area contributed by atoms with Crippen molar-refractivity contribution in [1.82, 2.24) is 14.8 Å². The topological polar surface area (TPSA) is 71.2 Å². The Balaban J connectivity index is 1.99. The largest absolute Gasteiger partial charge is 0.481 e. The Morgan fingerprint density at radius 1 is 1.45 bits per heavy atom. The number of carboxylic acids is 1. The van der Waals surface area contributed by atoms with E-state index in [1.54, 1.807) is 17.1 Å². The molecule has 2 aromatic rings. The molecule has 1 saturated heterocycles. The highest BCUT2D eigenvalue weighted by Crippen LogP contribution is 2.31. The second kappa shape index (κ2) is 4.77. The number of rotatable bonds is 2. The molecule has 3 heterocycles. The van der Waals surface area contributed by atoms with Gasteiger partial charge in [0.2, 0.25) is 0 Å². The number of hydrogen-bond acceptors (Lipinski definition) is 4. The van der Waals surface area contributed by atoms with Crippen LogP contribution < -0.4 is 4.90 Å². The van der Waals surface area contributed by atoms with Crippen LogP contribution in [0.4, 0.5) is 5.69 Å². The van der Waals surface area contributed by atoms with Crippen molar-refractivity contribution in [3.8, 4) is 0 Å². The Morgan fingerprint density at radius 3 is 3.00 bits per heavy atom. The fraction of sp³-hybridized carbons (Fsp3) is 0.500. The molecule has 6 nitrogen and oxygen atoms in total. The van der Waals surface area contributed by atoms with E-state index < -0.39 is 5.97 Å². The van der Waals surface area contributed by atoms with Crippen LogP contribution >= 0.6 is 0 Å². The van der Waals surface area contributed by atoms with Gasteiger partial charge in [0.25, 0.3) is 0 Å². The monoisotopic (exact) mass is 274 g/mol. The van der Waals surface area contributed by atoms with Crippen molar-refractivity contribution < 1.29 is 9.90 Å². The van der Waals surface area contributed by atoms with Crippen LogP contribution in [0.2, 0.25) is 0 Å². The summed E-state index contributed by atoms with van der Waals surface area (Å²) in [4.78, 5) is 17.8. The normalized spacial score (nSPS) is 23.2. The first-order valence-electron chi connectivity index (χ1n) is 6.80. The van der Waals surface area contributed by atoms with Gasteiger partial charge in [0, 0.05) is 26.3 Å². The van der Waals surface area contributed by atoms with Gasteiger partial charge in [-0.3, -0.25) is 9.48 Å². The second-order valence-corrected chi connectivity index (χ2v) is 5.62. The van der Waals surface area contributed by atoms with E-state index >= 15 is 0 Å². The highest BCUT2D eigenvalue weighted by molar-refractivity contribution is 5.89. The summed E-state index contributed by atoms with van der Waals surface area (Å²) in [6.07, 6.45) is 4.30. The second-order valence-electron chi connectivity index (χ2n) is 5.62. The van der Waals surface area contributed by atoms with Crippen LogP contribution in [0.5, 0.6) is 0 Å². The van der Waals surface area contributed by atoms with Crippen LogP contribution in [-0.4, -0.2) is 38.9 Å². The number of fused-ring (bicyclic) bond motifs is 1. The Morgan fingerprint density at radius 2 is 2.25 bits per heavy atom. The highest BCUT2D eigenvalue weighted by atomic mass is 16.4. The van der Waals surface area contributed by atoms with Gasteiger partial charge in [0.15, 0.2) is 5.65 Å². The van der Waals surface area contributed by atoms with E-state index in [1.165, 1.54) is 0 Å². The number of nitrogens with zero attached hydrogens (tertiary/aromatic N) is 4. The van der Waals surface area contributed by atoms with E-state index in [1.807, 2.05) is 13.1 Å². The Hall–Kier alpha value is -2.11. The number of pyridine rings is 1. The fourth-order valence-corrected chi connectivity index (χ4v) is 3.04. The maximum absolute atomic E-state index is 11.3. The third-order valence-electron chi connectivity index (χ3n) is 3.96. The molecule has 20 heavy (non-hydrogen) atoms. The van der Waals surface area contributed by atoms with Gasteiger partial charge in [-0.25, -0.2) is 4.98 Å². The lowest BCUT2D eigenvalue weighted by Crippen LogP contribution is -2.42. The number of aromatic nitrogens is 3. The number of piperidine rings is 1. The molecule has 0 amide bonds. The van der Waals surface area contributed by atoms with Crippen molar-refractivity contribution >= 4 is 22.7 Å². The summed E-state index contributed by atoms with van der Waals surface area (Å²) in [6, 6.07) is 1.95. The molecule has 0 bridgehead atoms. The molecule has 0 radical (unpaired) electrons. The minimum Gasteiger partial charge on any atom is -0.481 e. The third kappa shape index (κ3) is 2.11. The van der Waals surface area contributed by atoms with Crippen molar-refractivity contribution in [2.24, 2.45) is 18.9 Å². The van der Waals surface area contributed by atoms with Crippen LogP contribution in [0, 0.1) is 11.8 Å². The molecule has 2 atom stereocenters. The molecule has 2 unspecified atom stereocenters. The van der Waals surface area contributed by atoms with Crippen LogP contribution in [0.3, 0.4) is 0 Å². The van der Waals surface area contributed by atoms with Crippen molar-refractivity contribution in [3.63, 3.8) is 0 Å². The van der Waals surface area contributed by atoms with Gasteiger partial charge in [-0.05, 0) is 18.4 Å². The molecule has 3 rings (SSSR count). The summed E-state index contributed by atoms with van der Waals surface area (Å²) in [5.74, 6) is -0.651. The van der Waals surface area contributed by atoms with E-state index in [-0.39, 0.29) is 5.92 Å². The van der Waals surface area contributed by atoms with E-state index in [4.69, 9.17) is 0 Å². The van der Waals surface area contributed by atoms with E-state index in [0.29, 0.717) is 12.5 Å². The average Bonchev–Trinajstić information content (AvgIpc) is 2.80. The summed E-state index contributed by atoms with van der Waals surface area (Å²) < 4.78 is 1.74. The Bertz CT molecular complexity index is 652. The number of hydrogen-bond donors (Lipinski definition) is 1. The van der Waals surface area contributed by atoms with Gasteiger partial charge in [-0.15, -0.1) is 0 Å². The van der Waals surface area contributed by atoms with Crippen molar-refractivity contribution in [2.45, 2.75) is 13.3 Å². The molecule has 1 N–H and O–H groups in total. The van der Waals surface area contributed by atoms with Gasteiger partial charge < -0.3 is 10.0 Å². The lowest BCUT2D eigenvalue weighted by Gasteiger charge is -2.36. The number of aliphatic carboxylic acids is 1. The molecule has 0 aliphatic carbocycles. The number of aryl methyl sites for hydroxylation is 1. The fourth-order valence-electron chi connectivity index (χ4n) is 3.04. The molecule has 1 aliphatic heterocycles. The van der Waals surface area contributed by atoms with E-state index in [9.17, 15) is 9.90 Å². The SMILES string of the molecule is CC1CC(C(=O)O)CN(c2ccnc3c2cnn3C)C1. The predicted octanol–water partition coefficient (Wildman–Crippen LogP) is 1.52. The predicted molar refractivity (Wildman–Crippen MR) is 75.6 cm³/mol. The van der Waals surface area contributed by atoms with Crippen LogP contribution in [-0.2, 0) is 11.8 Å². The van der Waals surface area contributed by atoms with Crippen LogP contribution in [0.1, 0.15) is 13.3 Å². The lowest BCUT2D eigenvalue weighted by molar-refractivity contribution is -0.142. The number of carboxylic acid groups (broad SMARTS) is 1. The van der Waals surface area contributed by atoms with Gasteiger partial charge in [0.05, 0.1) is 23.2 Å². The summed E-state index contributed by atoms with van der Waals surface area (Å²) in [6.45, 7) is 3.52. The van der Waals surface area contributed by atoms with Crippen molar-refractivity contribution in [3.05, 3.63) is 18.5 Å². The molecule has 0 aromatic carbocycles. The summed E-state index contributed by atoms with van der Waals surface area (Å²) in [5.41, 5.74) is 1.86. The smallest absolute Gasteiger partial charge is 0.308 e. The standard InChI is InChI=1S/C14H18N4O2/c1-9-5-10(14(19)20)8-18(7-9)12-3-4-15-13-11(12)6-16-17(13)2/h3-4,6,9-10H,5,7-8H2,1-2H3,(H,19,20). The molecule has 0 saturated carbocycles. The molecule has 1 aliphatic rings. The molecule has 1 fully saturated rings. The third-order valence-corrected chi connectivity index (χ3v) is 3.96. The first-order chi connectivity index (χ1) is 9.56. The van der Waals surface area contributed by atoms with Crippen LogP contribution in [0.15, 0.2) is 18.5 Å². The minimum absolute atomic E-state index is 0.307. The number of carbonyl (C=O) groups is 1. The molecule has 6 heteroatoms. The maximum atomic E-state index is 11.3. The zero-order valence-electron chi connectivity index (χ0n) is 11.7. The minimum atomic E-state index is -0.710. The highest BCUT2D eigenvalue weighted by Gasteiger charge is 2.30. The molecule has 0 spiro atoms. The van der Waals surface area contributed by atoms with E-state index in [2.05, 4.69) is 21.9 Å². The first kappa shape index (κ1) is 12.9. The number of anilines is 1. The maximum Gasteiger partial charge on any atom is 0.308 e. The Labute approximate surface area is 117 Å².